The molecule has 1 aromatic carbocycles. The summed E-state index contributed by atoms with van der Waals surface area (Å²) < 4.78 is 13.1. The van der Waals surface area contributed by atoms with E-state index in [1.165, 1.54) is 57.1 Å². The highest BCUT2D eigenvalue weighted by atomic mass is 19.1. The summed E-state index contributed by atoms with van der Waals surface area (Å²) in [5.74, 6) is -0.244. The molecule has 1 heterocycles. The fraction of sp³-hybridized carbons (Fsp3) is 0.647. The summed E-state index contributed by atoms with van der Waals surface area (Å²) in [5.41, 5.74) is 8.20. The quantitative estimate of drug-likeness (QED) is 0.829. The number of hydrogen-bond acceptors (Lipinski definition) is 2. The maximum Gasteiger partial charge on any atom is 0.125 e. The molecule has 20 heavy (non-hydrogen) atoms. The van der Waals surface area contributed by atoms with Gasteiger partial charge >= 0.3 is 0 Å². The Hall–Kier alpha value is -1.09. The highest BCUT2D eigenvalue weighted by Crippen LogP contribution is 2.44. The van der Waals surface area contributed by atoms with Gasteiger partial charge in [0, 0.05) is 12.2 Å². The first-order chi connectivity index (χ1) is 9.67. The minimum Gasteiger partial charge on any atom is -0.398 e. The highest BCUT2D eigenvalue weighted by Gasteiger charge is 2.35. The minimum atomic E-state index is -0.244. The molecule has 0 unspecified atom stereocenters. The first-order valence-corrected chi connectivity index (χ1v) is 7.93. The molecular weight excluding hydrogens is 251 g/mol. The van der Waals surface area contributed by atoms with E-state index in [4.69, 9.17) is 5.73 Å². The first-order valence-electron chi connectivity index (χ1n) is 7.93. The Bertz CT molecular complexity index is 456. The fourth-order valence-corrected chi connectivity index (χ4v) is 3.94. The molecule has 2 N–H and O–H groups in total. The van der Waals surface area contributed by atoms with Gasteiger partial charge in [-0.15, -0.1) is 0 Å². The number of benzene rings is 1. The number of rotatable bonds is 2. The molecule has 1 aliphatic carbocycles. The van der Waals surface area contributed by atoms with Gasteiger partial charge in [-0.2, -0.15) is 0 Å². The van der Waals surface area contributed by atoms with Gasteiger partial charge < -0.3 is 5.73 Å². The average Bonchev–Trinajstić information content (AvgIpc) is 2.45. The van der Waals surface area contributed by atoms with Crippen molar-refractivity contribution in [2.75, 3.05) is 18.8 Å². The van der Waals surface area contributed by atoms with Crippen LogP contribution in [0.3, 0.4) is 0 Å². The molecule has 110 valence electrons. The zero-order valence-corrected chi connectivity index (χ0v) is 12.2. The van der Waals surface area contributed by atoms with E-state index in [2.05, 4.69) is 4.90 Å². The van der Waals surface area contributed by atoms with Crippen LogP contribution in [0.15, 0.2) is 18.2 Å². The van der Waals surface area contributed by atoms with E-state index in [9.17, 15) is 4.39 Å². The molecule has 2 fully saturated rings. The minimum absolute atomic E-state index is 0.244. The van der Waals surface area contributed by atoms with Crippen molar-refractivity contribution in [2.24, 2.45) is 5.41 Å². The lowest BCUT2D eigenvalue weighted by molar-refractivity contribution is 0.0642. The molecule has 1 aliphatic heterocycles. The molecule has 0 amide bonds. The average molecular weight is 276 g/mol. The van der Waals surface area contributed by atoms with Crippen LogP contribution in [0.1, 0.15) is 50.5 Å². The molecule has 1 saturated heterocycles. The summed E-state index contributed by atoms with van der Waals surface area (Å²) in [5, 5.41) is 0. The molecule has 0 radical (unpaired) electrons. The Balaban J connectivity index is 1.58. The second kappa shape index (κ2) is 5.72. The van der Waals surface area contributed by atoms with E-state index in [1.807, 2.05) is 6.07 Å². The summed E-state index contributed by atoms with van der Waals surface area (Å²) in [6.07, 6.45) is 9.79. The van der Waals surface area contributed by atoms with Crippen LogP contribution >= 0.6 is 0 Å². The summed E-state index contributed by atoms with van der Waals surface area (Å²) in [7, 11) is 0. The number of likely N-dealkylation sites (tertiary alicyclic amines) is 1. The molecule has 1 saturated carbocycles. The standard InChI is InChI=1S/C17H25FN2/c18-15-5-4-14(16(19)12-15)13-20-10-8-17(9-11-20)6-2-1-3-7-17/h4-5,12H,1-3,6-11,13,19H2. The van der Waals surface area contributed by atoms with Gasteiger partial charge in [0.05, 0.1) is 0 Å². The van der Waals surface area contributed by atoms with Gasteiger partial charge in [0.1, 0.15) is 5.82 Å². The van der Waals surface area contributed by atoms with Crippen LogP contribution in [0, 0.1) is 11.2 Å². The topological polar surface area (TPSA) is 29.3 Å². The number of halogens is 1. The third-order valence-electron chi connectivity index (χ3n) is 5.33. The van der Waals surface area contributed by atoms with E-state index >= 15 is 0 Å². The molecule has 2 nitrogen and oxygen atoms in total. The van der Waals surface area contributed by atoms with Crippen LogP contribution in [0.2, 0.25) is 0 Å². The summed E-state index contributed by atoms with van der Waals surface area (Å²) >= 11 is 0. The number of nitrogens with two attached hydrogens (primary N) is 1. The third-order valence-corrected chi connectivity index (χ3v) is 5.33. The second-order valence-corrected chi connectivity index (χ2v) is 6.68. The fourth-order valence-electron chi connectivity index (χ4n) is 3.94. The number of nitrogens with zero attached hydrogens (tertiary/aromatic N) is 1. The predicted octanol–water partition coefficient (Wildman–Crippen LogP) is 3.95. The zero-order valence-electron chi connectivity index (χ0n) is 12.2. The lowest BCUT2D eigenvalue weighted by atomic mass is 9.68. The molecule has 1 aromatic rings. The predicted molar refractivity (Wildman–Crippen MR) is 80.8 cm³/mol. The van der Waals surface area contributed by atoms with Crippen molar-refractivity contribution >= 4 is 5.69 Å². The molecule has 3 rings (SSSR count). The summed E-state index contributed by atoms with van der Waals surface area (Å²) in [6, 6.07) is 4.77. The smallest absolute Gasteiger partial charge is 0.125 e. The zero-order chi connectivity index (χ0) is 14.0. The van der Waals surface area contributed by atoms with Crippen LogP contribution in [0.4, 0.5) is 10.1 Å². The summed E-state index contributed by atoms with van der Waals surface area (Å²) in [4.78, 5) is 2.48. The van der Waals surface area contributed by atoms with Crippen molar-refractivity contribution in [3.63, 3.8) is 0 Å². The van der Waals surface area contributed by atoms with E-state index in [-0.39, 0.29) is 5.82 Å². The Morgan fingerprint density at radius 1 is 1.05 bits per heavy atom. The van der Waals surface area contributed by atoms with Gasteiger partial charge in [0.25, 0.3) is 0 Å². The maximum atomic E-state index is 13.1. The van der Waals surface area contributed by atoms with Gasteiger partial charge in [-0.05, 0) is 61.9 Å². The van der Waals surface area contributed by atoms with Crippen molar-refractivity contribution in [2.45, 2.75) is 51.5 Å². The van der Waals surface area contributed by atoms with Crippen molar-refractivity contribution in [1.82, 2.24) is 4.90 Å². The lowest BCUT2D eigenvalue weighted by Crippen LogP contribution is -2.40. The van der Waals surface area contributed by atoms with Gasteiger partial charge in [-0.3, -0.25) is 4.90 Å². The van der Waals surface area contributed by atoms with E-state index < -0.39 is 0 Å². The van der Waals surface area contributed by atoms with Gasteiger partial charge in [-0.1, -0.05) is 25.3 Å². The SMILES string of the molecule is Nc1cc(F)ccc1CN1CCC2(CCCCC2)CC1. The normalized spacial score (nSPS) is 23.1. The molecule has 0 aromatic heterocycles. The van der Waals surface area contributed by atoms with Crippen LogP contribution < -0.4 is 5.73 Å². The molecule has 2 aliphatic rings. The van der Waals surface area contributed by atoms with Gasteiger partial charge in [-0.25, -0.2) is 4.39 Å². The summed E-state index contributed by atoms with van der Waals surface area (Å²) in [6.45, 7) is 3.19. The van der Waals surface area contributed by atoms with E-state index in [0.29, 0.717) is 11.1 Å². The monoisotopic (exact) mass is 276 g/mol. The number of piperidine rings is 1. The van der Waals surface area contributed by atoms with Crippen LogP contribution in [0.25, 0.3) is 0 Å². The number of nitrogen functional groups attached to an aromatic ring is 1. The second-order valence-electron chi connectivity index (χ2n) is 6.68. The molecular formula is C17H25FN2. The Labute approximate surface area is 121 Å². The highest BCUT2D eigenvalue weighted by molar-refractivity contribution is 5.46. The third kappa shape index (κ3) is 2.98. The Morgan fingerprint density at radius 3 is 2.40 bits per heavy atom. The van der Waals surface area contributed by atoms with Crippen LogP contribution in [-0.2, 0) is 6.54 Å². The molecule has 1 spiro atoms. The van der Waals surface area contributed by atoms with Crippen molar-refractivity contribution in [1.29, 1.82) is 0 Å². The maximum absolute atomic E-state index is 13.1. The van der Waals surface area contributed by atoms with Crippen molar-refractivity contribution < 1.29 is 4.39 Å². The number of anilines is 1. The lowest BCUT2D eigenvalue weighted by Gasteiger charge is -2.44. The van der Waals surface area contributed by atoms with E-state index in [1.54, 1.807) is 0 Å². The Kier molecular flexibility index (Phi) is 3.97. The van der Waals surface area contributed by atoms with E-state index in [0.717, 1.165) is 25.2 Å². The number of hydrogen-bond donors (Lipinski definition) is 1. The van der Waals surface area contributed by atoms with Crippen LogP contribution in [-0.4, -0.2) is 18.0 Å². The van der Waals surface area contributed by atoms with Crippen LogP contribution in [0.5, 0.6) is 0 Å². The van der Waals surface area contributed by atoms with Crippen molar-refractivity contribution in [3.8, 4) is 0 Å². The van der Waals surface area contributed by atoms with Gasteiger partial charge in [0.15, 0.2) is 0 Å². The molecule has 3 heteroatoms. The Morgan fingerprint density at radius 2 is 1.75 bits per heavy atom. The van der Waals surface area contributed by atoms with Crippen molar-refractivity contribution in [3.05, 3.63) is 29.6 Å². The molecule has 0 bridgehead atoms. The largest absolute Gasteiger partial charge is 0.398 e. The first kappa shape index (κ1) is 13.9. The van der Waals surface area contributed by atoms with Gasteiger partial charge in [0.2, 0.25) is 0 Å². The molecule has 0 atom stereocenters.